The van der Waals surface area contributed by atoms with Gasteiger partial charge in [0.25, 0.3) is 0 Å². The van der Waals surface area contributed by atoms with Crippen molar-refractivity contribution in [3.05, 3.63) is 76.7 Å². The van der Waals surface area contributed by atoms with Gasteiger partial charge < -0.3 is 43.7 Å². The number of rotatable bonds is 5. The quantitative estimate of drug-likeness (QED) is 0.250. The molecule has 0 bridgehead atoms. The predicted octanol–water partition coefficient (Wildman–Crippen LogP) is 2.26. The van der Waals surface area contributed by atoms with Gasteiger partial charge in [0, 0.05) is 11.4 Å². The van der Waals surface area contributed by atoms with Crippen LogP contribution in [0.1, 0.15) is 28.8 Å². The molecule has 1 aromatic heterocycles. The first-order valence-electron chi connectivity index (χ1n) is 14.2. The minimum absolute atomic E-state index is 0. The summed E-state index contributed by atoms with van der Waals surface area (Å²) in [6, 6.07) is 19.3. The van der Waals surface area contributed by atoms with Gasteiger partial charge >= 0.3 is 12.1 Å². The number of esters is 1. The maximum atomic E-state index is 13.1. The molecule has 3 aromatic rings. The van der Waals surface area contributed by atoms with E-state index in [4.69, 9.17) is 14.5 Å². The number of aryl methyl sites for hydroxylation is 1. The number of likely N-dealkylation sites (tertiary alicyclic amines) is 1. The molecule has 11 heteroatoms. The molecule has 2 fully saturated rings. The molecule has 4 heterocycles. The van der Waals surface area contributed by atoms with Crippen LogP contribution in [-0.4, -0.2) is 84.7 Å². The molecule has 0 radical (unpaired) electrons. The van der Waals surface area contributed by atoms with E-state index < -0.39 is 12.1 Å². The summed E-state index contributed by atoms with van der Waals surface area (Å²) < 4.78 is 11.9. The zero-order valence-electron chi connectivity index (χ0n) is 23.9. The molecule has 2 aromatic carbocycles. The lowest BCUT2D eigenvalue weighted by Gasteiger charge is -2.42. The van der Waals surface area contributed by atoms with Crippen molar-refractivity contribution in [3.63, 3.8) is 0 Å². The third-order valence-corrected chi connectivity index (χ3v) is 9.04. The average molecular weight is 702 g/mol. The number of anilines is 2. The first-order valence-corrected chi connectivity index (χ1v) is 15.0. The Hall–Kier alpha value is -3.16. The number of benzene rings is 2. The molecule has 3 aliphatic heterocycles. The van der Waals surface area contributed by atoms with E-state index >= 15 is 0 Å². The number of para-hydroxylation sites is 2. The summed E-state index contributed by atoms with van der Waals surface area (Å²) in [6.07, 6.45) is 0.902. The minimum Gasteiger partial charge on any atom is -1.00 e. The van der Waals surface area contributed by atoms with Gasteiger partial charge in [0.15, 0.2) is 0 Å². The number of nitrogens with one attached hydrogen (secondary N) is 1. The van der Waals surface area contributed by atoms with E-state index in [0.29, 0.717) is 17.4 Å². The molecule has 42 heavy (non-hydrogen) atoms. The Bertz CT molecular complexity index is 1450. The van der Waals surface area contributed by atoms with Gasteiger partial charge in [0.05, 0.1) is 50.2 Å². The number of carbonyl (C=O) groups excluding carboxylic acids is 2. The number of amidine groups is 1. The summed E-state index contributed by atoms with van der Waals surface area (Å²) in [4.78, 5) is 36.1. The van der Waals surface area contributed by atoms with Gasteiger partial charge in [-0.05, 0) is 43.5 Å². The van der Waals surface area contributed by atoms with Gasteiger partial charge in [-0.2, -0.15) is 0 Å². The molecule has 0 aliphatic carbocycles. The van der Waals surface area contributed by atoms with Gasteiger partial charge in [-0.25, -0.2) is 14.6 Å². The largest absolute Gasteiger partial charge is 1.00 e. The zero-order chi connectivity index (χ0) is 28.4. The van der Waals surface area contributed by atoms with E-state index in [1.807, 2.05) is 48.5 Å². The van der Waals surface area contributed by atoms with Crippen molar-refractivity contribution in [2.45, 2.75) is 32.4 Å². The summed E-state index contributed by atoms with van der Waals surface area (Å²) in [5.74, 6) is 0.611. The van der Waals surface area contributed by atoms with Crippen LogP contribution in [0.15, 0.2) is 65.7 Å². The highest BCUT2D eigenvalue weighted by molar-refractivity contribution is 7.16. The minimum atomic E-state index is -0.596. The Labute approximate surface area is 267 Å². The van der Waals surface area contributed by atoms with Crippen molar-refractivity contribution >= 4 is 45.6 Å². The summed E-state index contributed by atoms with van der Waals surface area (Å²) in [7, 11) is 2.12. The second-order valence-electron chi connectivity index (χ2n) is 11.2. The van der Waals surface area contributed by atoms with E-state index in [1.54, 1.807) is 11.3 Å². The second-order valence-corrected chi connectivity index (χ2v) is 12.5. The summed E-state index contributed by atoms with van der Waals surface area (Å²) >= 11 is 1.74. The fourth-order valence-corrected chi connectivity index (χ4v) is 6.55. The average Bonchev–Trinajstić information content (AvgIpc) is 3.59. The van der Waals surface area contributed by atoms with Crippen LogP contribution in [0.5, 0.6) is 0 Å². The molecule has 1 amide bonds. The molecule has 1 unspecified atom stereocenters. The monoisotopic (exact) mass is 701 g/mol. The molecule has 0 saturated carbocycles. The van der Waals surface area contributed by atoms with Crippen molar-refractivity contribution < 1.29 is 47.5 Å². The molecule has 3 aliphatic rings. The molecule has 9 nitrogen and oxygen atoms in total. The van der Waals surface area contributed by atoms with E-state index in [2.05, 4.69) is 36.3 Å². The topological polar surface area (TPSA) is 83.5 Å². The number of hydrogen-bond acceptors (Lipinski definition) is 8. The first kappa shape index (κ1) is 30.3. The second kappa shape index (κ2) is 13.0. The number of likely N-dealkylation sites (N-methyl/N-ethyl adjacent to an activating group) is 1. The van der Waals surface area contributed by atoms with Crippen molar-refractivity contribution in [3.8, 4) is 0 Å². The third kappa shape index (κ3) is 6.57. The number of nitrogens with zero attached hydrogens (tertiary/aromatic N) is 4. The lowest BCUT2D eigenvalue weighted by atomic mass is 10.2. The number of amides is 1. The Morgan fingerprint density at radius 2 is 1.79 bits per heavy atom. The number of thiophene rings is 1. The number of ether oxygens (including phenoxy) is 2. The van der Waals surface area contributed by atoms with Crippen LogP contribution in [-0.2, 0) is 20.9 Å². The molecule has 0 spiro atoms. The van der Waals surface area contributed by atoms with Crippen molar-refractivity contribution in [2.75, 3.05) is 51.8 Å². The number of halogens is 1. The standard InChI is InChI=1S/C31H36N5O4S.HI/c1-22-19-24-28(32-25-11-6-7-12-26(25)33-29(24)41-22)34-15-17-36(2,18-16-34)21-40-31(38)35-14-8-13-27(35)30(37)39-20-23-9-4-3-5-10-23;/h3-7,9-12,19,27,33H,8,13-18,20-21H2,1-2H3;1H/q+1;/p-1. The summed E-state index contributed by atoms with van der Waals surface area (Å²) in [6.45, 7) is 6.28. The highest BCUT2D eigenvalue weighted by atomic mass is 127. The molecule has 1 atom stereocenters. The Morgan fingerprint density at radius 3 is 2.57 bits per heavy atom. The maximum absolute atomic E-state index is 13.1. The smallest absolute Gasteiger partial charge is 0.414 e. The van der Waals surface area contributed by atoms with Crippen molar-refractivity contribution in [1.82, 2.24) is 9.80 Å². The van der Waals surface area contributed by atoms with Crippen LogP contribution >= 0.6 is 11.3 Å². The highest BCUT2D eigenvalue weighted by Crippen LogP contribution is 2.39. The number of aliphatic imine (C=N–C) groups is 1. The number of hydrogen-bond donors (Lipinski definition) is 1. The zero-order valence-corrected chi connectivity index (χ0v) is 26.9. The van der Waals surface area contributed by atoms with Gasteiger partial charge in [0.2, 0.25) is 6.73 Å². The van der Waals surface area contributed by atoms with Gasteiger partial charge in [-0.15, -0.1) is 11.3 Å². The molecule has 1 N–H and O–H groups in total. The summed E-state index contributed by atoms with van der Waals surface area (Å²) in [5.41, 5.74) is 4.00. The van der Waals surface area contributed by atoms with Crippen molar-refractivity contribution in [2.24, 2.45) is 4.99 Å². The summed E-state index contributed by atoms with van der Waals surface area (Å²) in [5, 5.41) is 4.69. The fraction of sp³-hybridized carbons (Fsp3) is 0.387. The van der Waals surface area contributed by atoms with Crippen LogP contribution in [0, 0.1) is 6.92 Å². The van der Waals surface area contributed by atoms with Crippen LogP contribution in [0.25, 0.3) is 0 Å². The number of quaternary nitrogens is 1. The van der Waals surface area contributed by atoms with E-state index in [9.17, 15) is 9.59 Å². The molecular weight excluding hydrogens is 665 g/mol. The van der Waals surface area contributed by atoms with Crippen molar-refractivity contribution in [1.29, 1.82) is 0 Å². The molecule has 2 saturated heterocycles. The maximum Gasteiger partial charge on any atom is 0.414 e. The number of fused-ring (bicyclic) bond motifs is 2. The van der Waals surface area contributed by atoms with Gasteiger partial charge in [-0.3, -0.25) is 9.38 Å². The van der Waals surface area contributed by atoms with Crippen LogP contribution in [0.3, 0.4) is 0 Å². The van der Waals surface area contributed by atoms with E-state index in [-0.39, 0.29) is 43.3 Å². The predicted molar refractivity (Wildman–Crippen MR) is 160 cm³/mol. The Kier molecular flexibility index (Phi) is 9.38. The van der Waals surface area contributed by atoms with Crippen LogP contribution < -0.4 is 29.3 Å². The Balaban J connectivity index is 0.00000353. The lowest BCUT2D eigenvalue weighted by Crippen LogP contribution is -3.00. The number of carbonyl (C=O) groups is 2. The molecule has 222 valence electrons. The highest BCUT2D eigenvalue weighted by Gasteiger charge is 2.38. The molecule has 6 rings (SSSR count). The van der Waals surface area contributed by atoms with Gasteiger partial charge in [0.1, 0.15) is 23.5 Å². The SMILES string of the molecule is Cc1cc2c(s1)Nc1ccccc1N=C2N1CC[N+](C)(COC(=O)N2CCCC2C(=O)OCc2ccccc2)CC1.[I-]. The van der Waals surface area contributed by atoms with E-state index in [1.165, 1.54) is 9.78 Å². The third-order valence-electron chi connectivity index (χ3n) is 8.08. The van der Waals surface area contributed by atoms with E-state index in [0.717, 1.165) is 65.9 Å². The Morgan fingerprint density at radius 1 is 1.05 bits per heavy atom. The van der Waals surface area contributed by atoms with Gasteiger partial charge in [-0.1, -0.05) is 42.5 Å². The normalized spacial score (nSPS) is 18.9. The lowest BCUT2D eigenvalue weighted by molar-refractivity contribution is -0.929. The van der Waals surface area contributed by atoms with Crippen LogP contribution in [0.2, 0.25) is 0 Å². The van der Waals surface area contributed by atoms with Crippen LogP contribution in [0.4, 0.5) is 21.2 Å². The first-order chi connectivity index (χ1) is 19.9. The fourth-order valence-electron chi connectivity index (χ4n) is 5.63. The molecular formula is C31H36IN5O4S. The number of piperazine rings is 1.